The highest BCUT2D eigenvalue weighted by Crippen LogP contribution is 2.11. The molecule has 0 bridgehead atoms. The number of aromatic amines is 1. The zero-order valence-corrected chi connectivity index (χ0v) is 13.7. The average molecular weight is 301 g/mol. The summed E-state index contributed by atoms with van der Waals surface area (Å²) in [4.78, 5) is 3.30. The van der Waals surface area contributed by atoms with E-state index in [-0.39, 0.29) is 0 Å². The molecule has 116 valence electrons. The zero-order chi connectivity index (χ0) is 15.2. The van der Waals surface area contributed by atoms with Gasteiger partial charge in [-0.15, -0.1) is 0 Å². The molecule has 1 heterocycles. The standard InChI is InChI=1S/C14H27N3O2S/c1-11(2)6-5-7-17-20(18,19)14-8-13(16-10-14)9-15-12(3)4/h8,10-12,15-17H,5-7,9H2,1-4H3. The van der Waals surface area contributed by atoms with Gasteiger partial charge in [0.1, 0.15) is 0 Å². The van der Waals surface area contributed by atoms with E-state index in [2.05, 4.69) is 42.7 Å². The molecule has 3 N–H and O–H groups in total. The molecule has 0 amide bonds. The molecule has 0 aliphatic carbocycles. The third kappa shape index (κ3) is 6.07. The largest absolute Gasteiger partial charge is 0.363 e. The molecule has 0 aromatic carbocycles. The second-order valence-electron chi connectivity index (χ2n) is 5.83. The minimum atomic E-state index is -3.38. The molecule has 0 radical (unpaired) electrons. The van der Waals surface area contributed by atoms with E-state index in [4.69, 9.17) is 0 Å². The quantitative estimate of drug-likeness (QED) is 0.612. The summed E-state index contributed by atoms with van der Waals surface area (Å²) in [5, 5.41) is 3.24. The van der Waals surface area contributed by atoms with Gasteiger partial charge in [0, 0.05) is 31.0 Å². The van der Waals surface area contributed by atoms with Gasteiger partial charge in [-0.2, -0.15) is 0 Å². The van der Waals surface area contributed by atoms with Crippen LogP contribution in [0.2, 0.25) is 0 Å². The third-order valence-corrected chi connectivity index (χ3v) is 4.42. The highest BCUT2D eigenvalue weighted by Gasteiger charge is 2.15. The van der Waals surface area contributed by atoms with E-state index in [1.165, 1.54) is 0 Å². The molecular formula is C14H27N3O2S. The van der Waals surface area contributed by atoms with Crippen molar-refractivity contribution in [3.63, 3.8) is 0 Å². The number of hydrogen-bond acceptors (Lipinski definition) is 3. The Morgan fingerprint density at radius 3 is 2.55 bits per heavy atom. The Bertz CT molecular complexity index is 492. The molecule has 0 atom stereocenters. The van der Waals surface area contributed by atoms with E-state index >= 15 is 0 Å². The molecule has 0 unspecified atom stereocenters. The molecule has 0 aliphatic rings. The second kappa shape index (κ2) is 7.81. The van der Waals surface area contributed by atoms with Gasteiger partial charge in [0.05, 0.1) is 4.90 Å². The zero-order valence-electron chi connectivity index (χ0n) is 12.9. The summed E-state index contributed by atoms with van der Waals surface area (Å²) in [5.74, 6) is 0.598. The number of hydrogen-bond donors (Lipinski definition) is 3. The number of H-pyrrole nitrogens is 1. The first-order chi connectivity index (χ1) is 9.31. The maximum absolute atomic E-state index is 12.1. The van der Waals surface area contributed by atoms with E-state index < -0.39 is 10.0 Å². The van der Waals surface area contributed by atoms with Crippen molar-refractivity contribution in [2.45, 2.75) is 58.0 Å². The first kappa shape index (κ1) is 17.2. The van der Waals surface area contributed by atoms with Crippen molar-refractivity contribution in [2.75, 3.05) is 6.54 Å². The van der Waals surface area contributed by atoms with Crippen molar-refractivity contribution in [1.29, 1.82) is 0 Å². The van der Waals surface area contributed by atoms with Crippen molar-refractivity contribution >= 4 is 10.0 Å². The molecule has 0 saturated heterocycles. The fraction of sp³-hybridized carbons (Fsp3) is 0.714. The number of aromatic nitrogens is 1. The third-order valence-electron chi connectivity index (χ3n) is 2.98. The fourth-order valence-corrected chi connectivity index (χ4v) is 2.88. The van der Waals surface area contributed by atoms with E-state index in [9.17, 15) is 8.42 Å². The lowest BCUT2D eigenvalue weighted by molar-refractivity contribution is 0.540. The highest BCUT2D eigenvalue weighted by atomic mass is 32.2. The van der Waals surface area contributed by atoms with Crippen LogP contribution in [0.15, 0.2) is 17.2 Å². The monoisotopic (exact) mass is 301 g/mol. The van der Waals surface area contributed by atoms with Crippen LogP contribution in [0.1, 0.15) is 46.2 Å². The molecular weight excluding hydrogens is 274 g/mol. The summed E-state index contributed by atoms with van der Waals surface area (Å²) in [6.45, 7) is 9.50. The lowest BCUT2D eigenvalue weighted by Crippen LogP contribution is -2.24. The van der Waals surface area contributed by atoms with Crippen LogP contribution in [0.4, 0.5) is 0 Å². The molecule has 1 rings (SSSR count). The summed E-state index contributed by atoms with van der Waals surface area (Å²) in [5.41, 5.74) is 0.876. The summed E-state index contributed by atoms with van der Waals surface area (Å²) in [7, 11) is -3.38. The fourth-order valence-electron chi connectivity index (χ4n) is 1.79. The Labute approximate surface area is 122 Å². The Kier molecular flexibility index (Phi) is 6.71. The van der Waals surface area contributed by atoms with Crippen LogP contribution >= 0.6 is 0 Å². The van der Waals surface area contributed by atoms with Crippen LogP contribution in [0.5, 0.6) is 0 Å². The van der Waals surface area contributed by atoms with Crippen LogP contribution in [0, 0.1) is 5.92 Å². The van der Waals surface area contributed by atoms with Crippen molar-refractivity contribution in [3.05, 3.63) is 18.0 Å². The molecule has 0 fully saturated rings. The maximum Gasteiger partial charge on any atom is 0.242 e. The first-order valence-electron chi connectivity index (χ1n) is 7.21. The van der Waals surface area contributed by atoms with Gasteiger partial charge >= 0.3 is 0 Å². The normalized spacial score (nSPS) is 12.5. The van der Waals surface area contributed by atoms with Gasteiger partial charge in [-0.1, -0.05) is 27.7 Å². The van der Waals surface area contributed by atoms with Gasteiger partial charge in [0.15, 0.2) is 0 Å². The Balaban J connectivity index is 2.51. The highest BCUT2D eigenvalue weighted by molar-refractivity contribution is 7.89. The Morgan fingerprint density at radius 1 is 1.25 bits per heavy atom. The SMILES string of the molecule is CC(C)CCCNS(=O)(=O)c1c[nH]c(CNC(C)C)c1. The van der Waals surface area contributed by atoms with Crippen molar-refractivity contribution < 1.29 is 8.42 Å². The molecule has 5 nitrogen and oxygen atoms in total. The molecule has 0 saturated carbocycles. The van der Waals surface area contributed by atoms with Crippen molar-refractivity contribution in [2.24, 2.45) is 5.92 Å². The first-order valence-corrected chi connectivity index (χ1v) is 8.70. The van der Waals surface area contributed by atoms with Gasteiger partial charge < -0.3 is 10.3 Å². The average Bonchev–Trinajstić information content (AvgIpc) is 2.81. The summed E-state index contributed by atoms with van der Waals surface area (Å²) in [6.07, 6.45) is 3.43. The van der Waals surface area contributed by atoms with E-state index in [1.54, 1.807) is 12.3 Å². The minimum Gasteiger partial charge on any atom is -0.363 e. The number of nitrogens with one attached hydrogen (secondary N) is 3. The summed E-state index contributed by atoms with van der Waals surface area (Å²) >= 11 is 0. The van der Waals surface area contributed by atoms with E-state index in [0.717, 1.165) is 18.5 Å². The molecule has 0 spiro atoms. The van der Waals surface area contributed by atoms with Crippen molar-refractivity contribution in [1.82, 2.24) is 15.0 Å². The van der Waals surface area contributed by atoms with Crippen LogP contribution in [0.3, 0.4) is 0 Å². The molecule has 0 aliphatic heterocycles. The molecule has 20 heavy (non-hydrogen) atoms. The lowest BCUT2D eigenvalue weighted by Gasteiger charge is -2.07. The van der Waals surface area contributed by atoms with Gasteiger partial charge in [0.2, 0.25) is 10.0 Å². The van der Waals surface area contributed by atoms with Crippen LogP contribution in [0.25, 0.3) is 0 Å². The smallest absolute Gasteiger partial charge is 0.242 e. The van der Waals surface area contributed by atoms with Gasteiger partial charge in [0.25, 0.3) is 0 Å². The van der Waals surface area contributed by atoms with Gasteiger partial charge in [-0.3, -0.25) is 0 Å². The second-order valence-corrected chi connectivity index (χ2v) is 7.60. The van der Waals surface area contributed by atoms with E-state index in [0.29, 0.717) is 29.9 Å². The predicted octanol–water partition coefficient (Wildman–Crippen LogP) is 2.23. The minimum absolute atomic E-state index is 0.308. The Morgan fingerprint density at radius 2 is 1.95 bits per heavy atom. The Hall–Kier alpha value is -0.850. The van der Waals surface area contributed by atoms with Gasteiger partial charge in [-0.25, -0.2) is 13.1 Å². The van der Waals surface area contributed by atoms with Crippen LogP contribution in [-0.4, -0.2) is 26.0 Å². The number of rotatable bonds is 9. The summed E-state index contributed by atoms with van der Waals surface area (Å²) in [6, 6.07) is 2.05. The topological polar surface area (TPSA) is 74.0 Å². The van der Waals surface area contributed by atoms with Crippen LogP contribution < -0.4 is 10.0 Å². The lowest BCUT2D eigenvalue weighted by atomic mass is 10.1. The molecule has 6 heteroatoms. The van der Waals surface area contributed by atoms with Crippen molar-refractivity contribution in [3.8, 4) is 0 Å². The van der Waals surface area contributed by atoms with Gasteiger partial charge in [-0.05, 0) is 24.8 Å². The number of sulfonamides is 1. The van der Waals surface area contributed by atoms with Crippen LogP contribution in [-0.2, 0) is 16.6 Å². The van der Waals surface area contributed by atoms with E-state index in [1.807, 2.05) is 0 Å². The molecule has 1 aromatic rings. The molecule has 1 aromatic heterocycles. The maximum atomic E-state index is 12.1. The summed E-state index contributed by atoms with van der Waals surface area (Å²) < 4.78 is 26.8. The predicted molar refractivity (Wildman–Crippen MR) is 82.0 cm³/mol.